The summed E-state index contributed by atoms with van der Waals surface area (Å²) in [7, 11) is 0. The molecular weight excluding hydrogens is 722 g/mol. The molecule has 0 amide bonds. The van der Waals surface area contributed by atoms with E-state index in [9.17, 15) is 24.0 Å². The van der Waals surface area contributed by atoms with Crippen molar-refractivity contribution in [3.63, 3.8) is 0 Å². The minimum Gasteiger partial charge on any atom is -0.480 e. The lowest BCUT2D eigenvalue weighted by atomic mass is 10.1. The van der Waals surface area contributed by atoms with Crippen molar-refractivity contribution in [3.8, 4) is 0 Å². The fourth-order valence-electron chi connectivity index (χ4n) is 3.06. The van der Waals surface area contributed by atoms with Crippen LogP contribution in [0.2, 0.25) is 0 Å². The van der Waals surface area contributed by atoms with E-state index in [1.54, 1.807) is 6.07 Å². The number of nitrogens with zero attached hydrogens (tertiary/aromatic N) is 1. The van der Waals surface area contributed by atoms with E-state index in [0.29, 0.717) is 16.7 Å². The Bertz CT molecular complexity index is 2040. The Morgan fingerprint density at radius 3 is 1.78 bits per heavy atom. The summed E-state index contributed by atoms with van der Waals surface area (Å²) in [5.74, 6) is -8.97. The molecular formula is C34H63N9O11. The number of aliphatic carboxylic acids is 5. The number of carboxylic acids is 5. The van der Waals surface area contributed by atoms with Gasteiger partial charge in [0.25, 0.3) is 0 Å². The summed E-state index contributed by atoms with van der Waals surface area (Å²) < 4.78 is 115. The van der Waals surface area contributed by atoms with Crippen molar-refractivity contribution in [1.82, 2.24) is 0 Å². The van der Waals surface area contributed by atoms with Crippen LogP contribution in [-0.2, 0) is 30.4 Å². The maximum absolute atomic E-state index is 10.9. The average molecular weight is 802 g/mol. The summed E-state index contributed by atoms with van der Waals surface area (Å²) in [5, 5.41) is 51.1. The molecule has 22 N–H and O–H groups in total. The molecule has 2 unspecified atom stereocenters. The molecule has 20 heteroatoms. The fraction of sp³-hybridized carbons (Fsp3) is 0.588. The number of benzene rings is 1. The second-order valence-electron chi connectivity index (χ2n) is 10.5. The lowest BCUT2D eigenvalue weighted by molar-refractivity contribution is -0.141. The quantitative estimate of drug-likeness (QED) is 0.0462. The maximum Gasteiger partial charge on any atom is 0.323 e. The van der Waals surface area contributed by atoms with Gasteiger partial charge < -0.3 is 76.5 Å². The molecule has 1 aliphatic carbocycles. The number of rotatable bonds is 18. The summed E-state index contributed by atoms with van der Waals surface area (Å²) >= 11 is 0. The predicted octanol–water partition coefficient (Wildman–Crippen LogP) is -1.37. The molecule has 2 rings (SSSR count). The molecule has 0 heterocycles. The molecule has 7 atom stereocenters. The van der Waals surface area contributed by atoms with Gasteiger partial charge in [-0.15, -0.1) is 0 Å². The van der Waals surface area contributed by atoms with Crippen LogP contribution in [0.15, 0.2) is 35.3 Å². The van der Waals surface area contributed by atoms with Crippen molar-refractivity contribution in [3.05, 3.63) is 41.4 Å². The molecule has 0 fully saturated rings. The Morgan fingerprint density at radius 2 is 1.37 bits per heavy atom. The highest BCUT2D eigenvalue weighted by Crippen LogP contribution is 2.30. The van der Waals surface area contributed by atoms with Gasteiger partial charge in [0.1, 0.15) is 30.1 Å². The second-order valence-corrected chi connectivity index (χ2v) is 10.5. The van der Waals surface area contributed by atoms with Gasteiger partial charge in [-0.1, -0.05) is 50.5 Å². The summed E-state index contributed by atoms with van der Waals surface area (Å²) in [6, 6.07) is -8.05. The molecule has 0 radical (unpaired) electrons. The Morgan fingerprint density at radius 1 is 0.852 bits per heavy atom. The van der Waals surface area contributed by atoms with Crippen LogP contribution < -0.4 is 45.9 Å². The van der Waals surface area contributed by atoms with Crippen molar-refractivity contribution in [2.75, 3.05) is 13.0 Å². The molecule has 20 nitrogen and oxygen atoms in total. The minimum atomic E-state index is -2.67. The first-order valence-electron chi connectivity index (χ1n) is 23.2. The summed E-state index contributed by atoms with van der Waals surface area (Å²) in [5.41, 5.74) is 41.9. The molecule has 1 aromatic rings. The molecule has 310 valence electrons. The number of carboxylic acid groups (broad SMARTS) is 5. The van der Waals surface area contributed by atoms with E-state index in [1.807, 2.05) is 0 Å². The highest BCUT2D eigenvalue weighted by Gasteiger charge is 2.19. The number of carbonyl (C=O) groups is 5. The van der Waals surface area contributed by atoms with Gasteiger partial charge in [0.2, 0.25) is 0 Å². The molecule has 0 saturated heterocycles. The van der Waals surface area contributed by atoms with Crippen LogP contribution in [0.4, 0.5) is 0 Å². The Labute approximate surface area is 338 Å². The van der Waals surface area contributed by atoms with Gasteiger partial charge in [-0.3, -0.25) is 29.0 Å². The number of aliphatic imine (C=N–C) groups is 1. The van der Waals surface area contributed by atoms with E-state index in [2.05, 4.69) is 4.99 Å². The van der Waals surface area contributed by atoms with Crippen LogP contribution in [0, 0.1) is 5.92 Å². The van der Waals surface area contributed by atoms with Crippen LogP contribution in [0.5, 0.6) is 0 Å². The fourth-order valence-corrected chi connectivity index (χ4v) is 3.06. The lowest BCUT2D eigenvalue weighted by Crippen LogP contribution is -2.39. The first-order chi connectivity index (χ1) is 30.7. The highest BCUT2D eigenvalue weighted by molar-refractivity contribution is 5.80. The molecule has 0 aliphatic heterocycles. The molecule has 1 aliphatic rings. The Balaban J connectivity index is -0.000000816. The van der Waals surface area contributed by atoms with E-state index in [-0.39, 0.29) is 56.7 Å². The van der Waals surface area contributed by atoms with Gasteiger partial charge in [0.05, 0.1) is 21.2 Å². The molecule has 0 aromatic heterocycles. The van der Waals surface area contributed by atoms with Gasteiger partial charge in [-0.25, -0.2) is 0 Å². The van der Waals surface area contributed by atoms with Gasteiger partial charge in [-0.05, 0) is 81.0 Å². The normalized spacial score (nSPS) is 23.6. The largest absolute Gasteiger partial charge is 0.480 e. The van der Waals surface area contributed by atoms with Crippen molar-refractivity contribution in [2.45, 2.75) is 108 Å². The molecule has 54 heavy (non-hydrogen) atoms. The van der Waals surface area contributed by atoms with Crippen LogP contribution in [-0.4, -0.2) is 116 Å². The zero-order chi connectivity index (χ0) is 56.8. The number of allylic oxidation sites excluding steroid dienone is 1. The van der Waals surface area contributed by atoms with Gasteiger partial charge in [-0.2, -0.15) is 0 Å². The number of aliphatic hydroxyl groups is 1. The van der Waals surface area contributed by atoms with Crippen LogP contribution >= 0.6 is 0 Å². The first kappa shape index (κ1) is 29.6. The third-order valence-corrected chi connectivity index (χ3v) is 5.78. The van der Waals surface area contributed by atoms with Crippen molar-refractivity contribution < 1.29 is 76.5 Å². The van der Waals surface area contributed by atoms with E-state index < -0.39 is 111 Å². The zero-order valence-electron chi connectivity index (χ0n) is 45.7. The number of nitrogens with two attached hydrogens (primary N) is 8. The van der Waals surface area contributed by atoms with E-state index >= 15 is 0 Å². The topological polar surface area (TPSA) is 427 Å². The lowest BCUT2D eigenvalue weighted by Gasteiger charge is -2.08. The molecule has 0 saturated carbocycles. The van der Waals surface area contributed by atoms with E-state index in [0.717, 1.165) is 6.92 Å². The first-order valence-corrected chi connectivity index (χ1v) is 15.2. The molecule has 1 aromatic carbocycles. The third-order valence-electron chi connectivity index (χ3n) is 5.78. The predicted molar refractivity (Wildman–Crippen MR) is 205 cm³/mol. The van der Waals surface area contributed by atoms with Crippen LogP contribution in [0.25, 0.3) is 5.57 Å². The summed E-state index contributed by atoms with van der Waals surface area (Å²) in [4.78, 5) is 55.4. The standard InChI is InChI=1S/C12H13NO2.C6H14N4O2.C6H14N2O2.C6H13NO2.C4H9NO3/c13-11(12(14)15)7-9-6-5-8-3-1-2-4-10(8)9;7-4(5(11)12)2-1-3-10-6(8)9;7-4-2-1-3-5(8)6(9)10;1-4(2)3-5(7)6(8)9;1-2(6)3(5)4(7)8/h1-4,6,11H,5,7,13H2,(H,14,15);4H,1-3,7H2,(H,11,12)(H4,8,9,10);5H,1-4,7-8H2,(H,9,10);4-5H,3,7H2,1-2H3,(H,8,9);2-3,6H,5H2,1H3,(H,7,8)/t11-;4-;2*5-;2?,3-/m00001/s1/i1+1D,3+1D,6+1D,11+1D;3+1D2,4+1D;4+1D2,5+1D;1+1D3,5+1D;2+1D,3+1D/t3m;4?,5-;m. The minimum absolute atomic E-state index is 0.00188. The van der Waals surface area contributed by atoms with E-state index in [1.165, 1.54) is 13.0 Å². The van der Waals surface area contributed by atoms with Gasteiger partial charge >= 0.3 is 29.8 Å². The summed E-state index contributed by atoms with van der Waals surface area (Å²) in [6.45, 7) is -4.00. The third kappa shape index (κ3) is 28.8. The van der Waals surface area contributed by atoms with Crippen LogP contribution in [0.1, 0.15) is 98.7 Å². The molecule has 0 bridgehead atoms. The second kappa shape index (κ2) is 30.7. The molecule has 0 spiro atoms. The van der Waals surface area contributed by atoms with Crippen molar-refractivity contribution in [2.24, 2.45) is 56.8 Å². The Kier molecular flexibility index (Phi) is 16.9. The zero-order valence-corrected chi connectivity index (χ0v) is 29.7. The van der Waals surface area contributed by atoms with Crippen molar-refractivity contribution in [1.29, 1.82) is 0 Å². The van der Waals surface area contributed by atoms with Gasteiger partial charge in [0, 0.05) is 13.4 Å². The number of hydrogen-bond donors (Lipinski definition) is 14. The number of guanidine groups is 1. The number of fused-ring (bicyclic) bond motifs is 1. The van der Waals surface area contributed by atoms with Crippen LogP contribution in [0.3, 0.4) is 0 Å². The van der Waals surface area contributed by atoms with Gasteiger partial charge in [0.15, 0.2) is 5.96 Å². The van der Waals surface area contributed by atoms with Crippen molar-refractivity contribution >= 4 is 41.4 Å². The monoisotopic (exact) mass is 802 g/mol. The number of hydrogen-bond acceptors (Lipinski definition) is 13. The van der Waals surface area contributed by atoms with E-state index in [4.69, 9.17) is 98.4 Å². The SMILES string of the molecule is [2H][13C](C)(O)[13C@@]([2H])(N)C(=O)O.[2H][13C]([2H])(CC[13C@]([2H])(N)C(=O)O)N=C(N)N.[2H][13C]([2H])(N)CCC[13C@]([2H])(N)C(=O)O.[2H][13C]([2H])([2H])C(C)C[13C@]([2H])(N)C(=O)O.[2H][13C]1=C(C[13C@]([2H])(N)C(=O)O)c2cc[13c]([2H])[13c]([2H])c2C1. The highest BCUT2D eigenvalue weighted by atomic mass is 16.4. The smallest absolute Gasteiger partial charge is 0.323 e. The Hall–Kier alpha value is -4.70. The maximum atomic E-state index is 10.9. The summed E-state index contributed by atoms with van der Waals surface area (Å²) in [6.07, 6.45) is -3.66. The average Bonchev–Trinajstić information content (AvgIpc) is 3.45.